The van der Waals surface area contributed by atoms with E-state index in [1.54, 1.807) is 13.2 Å². The molecule has 0 bridgehead atoms. The number of hydrogen-bond donors (Lipinski definition) is 1. The van der Waals surface area contributed by atoms with Gasteiger partial charge in [0.25, 0.3) is 5.91 Å². The number of benzene rings is 3. The van der Waals surface area contributed by atoms with Gasteiger partial charge in [-0.2, -0.15) is 0 Å². The molecule has 0 fully saturated rings. The Hall–Kier alpha value is -3.25. The number of aromatic nitrogens is 2. The van der Waals surface area contributed by atoms with Crippen LogP contribution in [-0.2, 0) is 0 Å². The van der Waals surface area contributed by atoms with Gasteiger partial charge in [-0.1, -0.05) is 18.2 Å². The molecule has 1 N–H and O–H groups in total. The van der Waals surface area contributed by atoms with E-state index in [0.29, 0.717) is 23.1 Å². The van der Waals surface area contributed by atoms with E-state index in [1.165, 1.54) is 0 Å². The lowest BCUT2D eigenvalue weighted by molar-refractivity contribution is 0.0954. The van der Waals surface area contributed by atoms with Crippen LogP contribution in [0.15, 0.2) is 48.5 Å². The molecule has 6 heteroatoms. The number of carbonyl (C=O) groups excluding carboxylic acids is 1. The zero-order valence-electron chi connectivity index (χ0n) is 16.9. The quantitative estimate of drug-likeness (QED) is 0.310. The summed E-state index contributed by atoms with van der Waals surface area (Å²) in [5.74, 6) is 0.666. The lowest BCUT2D eigenvalue weighted by Crippen LogP contribution is -2.27. The second kappa shape index (κ2) is 8.01. The van der Waals surface area contributed by atoms with Crippen LogP contribution in [-0.4, -0.2) is 55.1 Å². The Bertz CT molecular complexity index is 1200. The van der Waals surface area contributed by atoms with Gasteiger partial charge in [0.05, 0.1) is 29.2 Å². The monoisotopic (exact) mass is 388 g/mol. The van der Waals surface area contributed by atoms with Crippen LogP contribution in [0.4, 0.5) is 0 Å². The van der Waals surface area contributed by atoms with Crippen molar-refractivity contribution in [3.63, 3.8) is 0 Å². The molecular weight excluding hydrogens is 364 g/mol. The molecule has 29 heavy (non-hydrogen) atoms. The van der Waals surface area contributed by atoms with Gasteiger partial charge < -0.3 is 15.0 Å². The summed E-state index contributed by atoms with van der Waals surface area (Å²) >= 11 is 0. The Labute approximate surface area is 169 Å². The number of nitrogens with zero attached hydrogens (tertiary/aromatic N) is 3. The summed E-state index contributed by atoms with van der Waals surface area (Å²) in [6, 6.07) is 15.4. The number of amides is 1. The minimum atomic E-state index is -0.124. The highest BCUT2D eigenvalue weighted by Crippen LogP contribution is 2.31. The van der Waals surface area contributed by atoms with Crippen LogP contribution in [0.3, 0.4) is 0 Å². The van der Waals surface area contributed by atoms with E-state index in [4.69, 9.17) is 14.7 Å². The van der Waals surface area contributed by atoms with Crippen molar-refractivity contribution >= 4 is 38.7 Å². The first-order valence-electron chi connectivity index (χ1n) is 9.67. The number of carbonyl (C=O) groups is 1. The van der Waals surface area contributed by atoms with E-state index in [0.717, 1.165) is 40.5 Å². The number of rotatable bonds is 6. The number of ether oxygens (including phenoxy) is 1. The molecule has 0 saturated carbocycles. The van der Waals surface area contributed by atoms with Crippen molar-refractivity contribution in [3.8, 4) is 5.75 Å². The maximum atomic E-state index is 12.8. The molecule has 6 nitrogen and oxygen atoms in total. The Morgan fingerprint density at radius 2 is 1.76 bits per heavy atom. The number of nitrogens with one attached hydrogen (secondary N) is 1. The number of hydrogen-bond acceptors (Lipinski definition) is 5. The highest BCUT2D eigenvalue weighted by molar-refractivity contribution is 6.11. The highest BCUT2D eigenvalue weighted by atomic mass is 16.5. The highest BCUT2D eigenvalue weighted by Gasteiger charge is 2.14. The van der Waals surface area contributed by atoms with Crippen LogP contribution in [0.5, 0.6) is 5.75 Å². The summed E-state index contributed by atoms with van der Waals surface area (Å²) in [5, 5.41) is 4.93. The molecule has 0 aliphatic rings. The van der Waals surface area contributed by atoms with E-state index >= 15 is 0 Å². The fourth-order valence-electron chi connectivity index (χ4n) is 3.54. The average molecular weight is 388 g/mol. The largest absolute Gasteiger partial charge is 0.496 e. The smallest absolute Gasteiger partial charge is 0.253 e. The summed E-state index contributed by atoms with van der Waals surface area (Å²) in [6.45, 7) is 1.54. The van der Waals surface area contributed by atoms with Gasteiger partial charge in [0, 0.05) is 17.3 Å². The standard InChI is InChI=1S/C23H24N4O2/c1-27(2)14-6-13-24-23(28)17-8-4-9-18-22(17)26-21-16-7-5-10-20(29-3)15(16)11-12-19(21)25-18/h4-5,7-12H,6,13-14H2,1-3H3,(H,24,28). The molecule has 1 amide bonds. The van der Waals surface area contributed by atoms with Crippen molar-refractivity contribution in [2.24, 2.45) is 0 Å². The van der Waals surface area contributed by atoms with Crippen molar-refractivity contribution < 1.29 is 9.53 Å². The Kier molecular flexibility index (Phi) is 5.27. The SMILES string of the molecule is COc1cccc2c1ccc1nc3cccc(C(=O)NCCCN(C)C)c3nc12. The molecule has 4 aromatic rings. The first-order chi connectivity index (χ1) is 14.1. The van der Waals surface area contributed by atoms with Gasteiger partial charge in [-0.3, -0.25) is 4.79 Å². The van der Waals surface area contributed by atoms with Gasteiger partial charge in [0.1, 0.15) is 11.3 Å². The molecule has 0 aliphatic heterocycles. The van der Waals surface area contributed by atoms with Gasteiger partial charge in [0.2, 0.25) is 0 Å². The normalized spacial score (nSPS) is 11.4. The third kappa shape index (κ3) is 3.71. The lowest BCUT2D eigenvalue weighted by Gasteiger charge is -2.11. The zero-order chi connectivity index (χ0) is 20.4. The van der Waals surface area contributed by atoms with Crippen LogP contribution < -0.4 is 10.1 Å². The second-order valence-corrected chi connectivity index (χ2v) is 7.30. The molecule has 0 saturated heterocycles. The van der Waals surface area contributed by atoms with Gasteiger partial charge in [-0.05, 0) is 57.4 Å². The van der Waals surface area contributed by atoms with Crippen molar-refractivity contribution in [2.45, 2.75) is 6.42 Å². The van der Waals surface area contributed by atoms with Crippen LogP contribution in [0.2, 0.25) is 0 Å². The fourth-order valence-corrected chi connectivity index (χ4v) is 3.54. The second-order valence-electron chi connectivity index (χ2n) is 7.30. The zero-order valence-corrected chi connectivity index (χ0v) is 16.9. The summed E-state index contributed by atoms with van der Waals surface area (Å²) in [5.41, 5.74) is 3.42. The summed E-state index contributed by atoms with van der Waals surface area (Å²) < 4.78 is 5.48. The van der Waals surface area contributed by atoms with Crippen molar-refractivity contribution in [1.82, 2.24) is 20.2 Å². The van der Waals surface area contributed by atoms with Gasteiger partial charge in [0.15, 0.2) is 0 Å². The Morgan fingerprint density at radius 3 is 2.55 bits per heavy atom. The molecule has 0 radical (unpaired) electrons. The third-order valence-corrected chi connectivity index (χ3v) is 4.98. The van der Waals surface area contributed by atoms with Crippen molar-refractivity contribution in [1.29, 1.82) is 0 Å². The minimum absolute atomic E-state index is 0.124. The first kappa shape index (κ1) is 19.1. The van der Waals surface area contributed by atoms with E-state index < -0.39 is 0 Å². The summed E-state index contributed by atoms with van der Waals surface area (Å²) in [6.07, 6.45) is 0.891. The molecule has 0 aliphatic carbocycles. The molecule has 0 spiro atoms. The predicted molar refractivity (Wildman–Crippen MR) is 117 cm³/mol. The van der Waals surface area contributed by atoms with Crippen molar-refractivity contribution in [3.05, 3.63) is 54.1 Å². The Morgan fingerprint density at radius 1 is 0.966 bits per heavy atom. The van der Waals surface area contributed by atoms with Crippen LogP contribution in [0.25, 0.3) is 32.8 Å². The topological polar surface area (TPSA) is 67.3 Å². The molecule has 1 heterocycles. The molecule has 4 rings (SSSR count). The maximum Gasteiger partial charge on any atom is 0.253 e. The summed E-state index contributed by atoms with van der Waals surface area (Å²) in [7, 11) is 5.70. The average Bonchev–Trinajstić information content (AvgIpc) is 2.74. The molecule has 0 unspecified atom stereocenters. The lowest BCUT2D eigenvalue weighted by atomic mass is 10.1. The first-order valence-corrected chi connectivity index (χ1v) is 9.67. The van der Waals surface area contributed by atoms with E-state index in [2.05, 4.69) is 10.2 Å². The fraction of sp³-hybridized carbons (Fsp3) is 0.261. The predicted octanol–water partition coefficient (Wildman–Crippen LogP) is 3.63. The van der Waals surface area contributed by atoms with E-state index in [9.17, 15) is 4.79 Å². The molecular formula is C23H24N4O2. The summed E-state index contributed by atoms with van der Waals surface area (Å²) in [4.78, 5) is 24.5. The number of methoxy groups -OCH3 is 1. The van der Waals surface area contributed by atoms with Gasteiger partial charge in [-0.25, -0.2) is 9.97 Å². The molecule has 3 aromatic carbocycles. The van der Waals surface area contributed by atoms with E-state index in [-0.39, 0.29) is 5.91 Å². The minimum Gasteiger partial charge on any atom is -0.496 e. The molecule has 0 atom stereocenters. The number of fused-ring (bicyclic) bond motifs is 4. The van der Waals surface area contributed by atoms with Crippen LogP contribution in [0.1, 0.15) is 16.8 Å². The van der Waals surface area contributed by atoms with Crippen LogP contribution >= 0.6 is 0 Å². The van der Waals surface area contributed by atoms with E-state index in [1.807, 2.05) is 56.6 Å². The number of para-hydroxylation sites is 1. The third-order valence-electron chi connectivity index (χ3n) is 4.98. The van der Waals surface area contributed by atoms with Crippen molar-refractivity contribution in [2.75, 3.05) is 34.3 Å². The molecule has 1 aromatic heterocycles. The maximum absolute atomic E-state index is 12.8. The Balaban J connectivity index is 1.79. The molecule has 148 valence electrons. The van der Waals surface area contributed by atoms with Crippen LogP contribution in [0, 0.1) is 0 Å². The van der Waals surface area contributed by atoms with Gasteiger partial charge >= 0.3 is 0 Å². The van der Waals surface area contributed by atoms with Gasteiger partial charge in [-0.15, -0.1) is 0 Å².